The van der Waals surface area contributed by atoms with Crippen molar-refractivity contribution < 1.29 is 4.79 Å². The number of carbonyl (C=O) groups is 1. The lowest BCUT2D eigenvalue weighted by Crippen LogP contribution is -2.48. The third kappa shape index (κ3) is 3.78. The second-order valence-corrected chi connectivity index (χ2v) is 8.09. The molecule has 5 nitrogen and oxygen atoms in total. The summed E-state index contributed by atoms with van der Waals surface area (Å²) in [5.74, 6) is 2.50. The Kier molecular flexibility index (Phi) is 5.25. The zero-order valence-corrected chi connectivity index (χ0v) is 15.7. The third-order valence-electron chi connectivity index (χ3n) is 6.28. The Bertz CT molecular complexity index is 714. The van der Waals surface area contributed by atoms with Crippen molar-refractivity contribution >= 4 is 16.9 Å². The van der Waals surface area contributed by atoms with Crippen LogP contribution in [-0.2, 0) is 4.79 Å². The van der Waals surface area contributed by atoms with E-state index in [0.29, 0.717) is 11.8 Å². The fraction of sp³-hybridized carbons (Fsp3) is 0.619. The van der Waals surface area contributed by atoms with Crippen LogP contribution in [0.2, 0.25) is 0 Å². The van der Waals surface area contributed by atoms with Crippen molar-refractivity contribution in [1.29, 1.82) is 0 Å². The van der Waals surface area contributed by atoms with Gasteiger partial charge in [-0.2, -0.15) is 0 Å². The molecule has 1 amide bonds. The Labute approximate surface area is 155 Å². The molecule has 1 aliphatic heterocycles. The van der Waals surface area contributed by atoms with Gasteiger partial charge < -0.3 is 10.3 Å². The quantitative estimate of drug-likeness (QED) is 0.884. The summed E-state index contributed by atoms with van der Waals surface area (Å²) in [6.45, 7) is 1.87. The lowest BCUT2D eigenvalue weighted by atomic mass is 9.81. The van der Waals surface area contributed by atoms with Crippen molar-refractivity contribution in [3.8, 4) is 0 Å². The van der Waals surface area contributed by atoms with Gasteiger partial charge >= 0.3 is 0 Å². The number of para-hydroxylation sites is 2. The van der Waals surface area contributed by atoms with Crippen LogP contribution in [0.4, 0.5) is 0 Å². The monoisotopic (exact) mass is 354 g/mol. The van der Waals surface area contributed by atoms with Gasteiger partial charge in [-0.25, -0.2) is 4.98 Å². The predicted octanol–water partition coefficient (Wildman–Crippen LogP) is 3.44. The average molecular weight is 354 g/mol. The molecule has 140 valence electrons. The molecule has 0 spiro atoms. The van der Waals surface area contributed by atoms with Gasteiger partial charge in [-0.1, -0.05) is 18.6 Å². The molecule has 1 aromatic carbocycles. The molecular formula is C21H30N4O. The van der Waals surface area contributed by atoms with Crippen LogP contribution >= 0.6 is 0 Å². The molecule has 2 N–H and O–H groups in total. The molecule has 4 rings (SSSR count). The molecule has 2 aromatic rings. The Balaban J connectivity index is 1.26. The van der Waals surface area contributed by atoms with Crippen LogP contribution in [0.1, 0.15) is 56.7 Å². The zero-order chi connectivity index (χ0) is 17.9. The highest BCUT2D eigenvalue weighted by Gasteiger charge is 2.28. The van der Waals surface area contributed by atoms with E-state index in [1.54, 1.807) is 0 Å². The third-order valence-corrected chi connectivity index (χ3v) is 6.28. The van der Waals surface area contributed by atoms with E-state index in [2.05, 4.69) is 34.4 Å². The molecule has 2 aliphatic rings. The first-order valence-electron chi connectivity index (χ1n) is 10.1. The second kappa shape index (κ2) is 7.78. The van der Waals surface area contributed by atoms with Crippen LogP contribution in [0.15, 0.2) is 24.3 Å². The number of H-pyrrole nitrogens is 1. The van der Waals surface area contributed by atoms with E-state index in [-0.39, 0.29) is 11.9 Å². The van der Waals surface area contributed by atoms with E-state index in [9.17, 15) is 4.79 Å². The van der Waals surface area contributed by atoms with Gasteiger partial charge in [0.2, 0.25) is 5.91 Å². The predicted molar refractivity (Wildman–Crippen MR) is 104 cm³/mol. The van der Waals surface area contributed by atoms with Gasteiger partial charge in [0.25, 0.3) is 0 Å². The number of fused-ring (bicyclic) bond motifs is 1. The van der Waals surface area contributed by atoms with Crippen LogP contribution in [-0.4, -0.2) is 47.0 Å². The number of amides is 1. The first-order valence-corrected chi connectivity index (χ1v) is 10.1. The van der Waals surface area contributed by atoms with Crippen molar-refractivity contribution in [2.45, 2.75) is 56.9 Å². The zero-order valence-electron chi connectivity index (χ0n) is 15.7. The first kappa shape index (κ1) is 17.5. The van der Waals surface area contributed by atoms with Crippen molar-refractivity contribution in [3.63, 3.8) is 0 Å². The molecule has 1 saturated carbocycles. The number of piperidine rings is 1. The minimum atomic E-state index is 0.0793. The topological polar surface area (TPSA) is 61.0 Å². The van der Waals surface area contributed by atoms with Gasteiger partial charge in [-0.15, -0.1) is 0 Å². The van der Waals surface area contributed by atoms with Gasteiger partial charge in [-0.3, -0.25) is 9.69 Å². The number of likely N-dealkylation sites (tertiary alicyclic amines) is 1. The summed E-state index contributed by atoms with van der Waals surface area (Å²) in [4.78, 5) is 22.9. The van der Waals surface area contributed by atoms with Crippen LogP contribution < -0.4 is 5.32 Å². The standard InChI is InChI=1S/C21H30N4O/c1-25-13-5-4-8-19(25)21(26)22-14-15-9-11-16(12-10-15)20-23-17-6-2-3-7-18(17)24-20/h2-3,6-7,15-16,19H,4-5,8-14H2,1H3,(H,22,26)(H,23,24)/t15?,16?,19-/m0/s1. The molecule has 0 bridgehead atoms. The molecule has 1 aliphatic carbocycles. The van der Waals surface area contributed by atoms with Crippen LogP contribution in [0.25, 0.3) is 11.0 Å². The normalized spacial score (nSPS) is 27.5. The summed E-state index contributed by atoms with van der Waals surface area (Å²) in [7, 11) is 2.07. The van der Waals surface area contributed by atoms with Crippen LogP contribution in [0.3, 0.4) is 0 Å². The average Bonchev–Trinajstić information content (AvgIpc) is 3.11. The molecule has 5 heteroatoms. The first-order chi connectivity index (χ1) is 12.7. The highest BCUT2D eigenvalue weighted by Crippen LogP contribution is 2.35. The number of benzene rings is 1. The highest BCUT2D eigenvalue weighted by molar-refractivity contribution is 5.81. The number of hydrogen-bond acceptors (Lipinski definition) is 3. The Morgan fingerprint density at radius 3 is 2.77 bits per heavy atom. The molecule has 26 heavy (non-hydrogen) atoms. The number of aromatic nitrogens is 2. The molecule has 1 atom stereocenters. The number of carbonyl (C=O) groups excluding carboxylic acids is 1. The van der Waals surface area contributed by atoms with E-state index in [1.165, 1.54) is 25.7 Å². The van der Waals surface area contributed by atoms with E-state index in [1.807, 2.05) is 12.1 Å². The largest absolute Gasteiger partial charge is 0.354 e. The molecular weight excluding hydrogens is 324 g/mol. The van der Waals surface area contributed by atoms with Gasteiger partial charge in [0.05, 0.1) is 17.1 Å². The fourth-order valence-corrected chi connectivity index (χ4v) is 4.58. The van der Waals surface area contributed by atoms with Gasteiger partial charge in [0.1, 0.15) is 5.82 Å². The highest BCUT2D eigenvalue weighted by atomic mass is 16.2. The van der Waals surface area contributed by atoms with Crippen LogP contribution in [0.5, 0.6) is 0 Å². The number of likely N-dealkylation sites (N-methyl/N-ethyl adjacent to an activating group) is 1. The molecule has 0 unspecified atom stereocenters. The van der Waals surface area contributed by atoms with E-state index in [0.717, 1.165) is 49.2 Å². The molecule has 2 fully saturated rings. The second-order valence-electron chi connectivity index (χ2n) is 8.09. The molecule has 1 saturated heterocycles. The lowest BCUT2D eigenvalue weighted by Gasteiger charge is -2.32. The number of aromatic amines is 1. The maximum Gasteiger partial charge on any atom is 0.237 e. The maximum atomic E-state index is 12.5. The van der Waals surface area contributed by atoms with Gasteiger partial charge in [0, 0.05) is 12.5 Å². The van der Waals surface area contributed by atoms with E-state index < -0.39 is 0 Å². The van der Waals surface area contributed by atoms with E-state index >= 15 is 0 Å². The number of rotatable bonds is 4. The van der Waals surface area contributed by atoms with Gasteiger partial charge in [-0.05, 0) is 70.2 Å². The van der Waals surface area contributed by atoms with Gasteiger partial charge in [0.15, 0.2) is 0 Å². The number of hydrogen-bond donors (Lipinski definition) is 2. The Morgan fingerprint density at radius 2 is 2.00 bits per heavy atom. The fourth-order valence-electron chi connectivity index (χ4n) is 4.58. The van der Waals surface area contributed by atoms with Crippen molar-refractivity contribution in [2.24, 2.45) is 5.92 Å². The maximum absolute atomic E-state index is 12.5. The van der Waals surface area contributed by atoms with E-state index in [4.69, 9.17) is 4.98 Å². The summed E-state index contributed by atoms with van der Waals surface area (Å²) in [6.07, 6.45) is 8.04. The van der Waals surface area contributed by atoms with Crippen molar-refractivity contribution in [1.82, 2.24) is 20.2 Å². The summed E-state index contributed by atoms with van der Waals surface area (Å²) >= 11 is 0. The van der Waals surface area contributed by atoms with Crippen LogP contribution in [0, 0.1) is 5.92 Å². The number of nitrogens with one attached hydrogen (secondary N) is 2. The molecule has 2 heterocycles. The van der Waals surface area contributed by atoms with Crippen molar-refractivity contribution in [3.05, 3.63) is 30.1 Å². The molecule has 0 radical (unpaired) electrons. The SMILES string of the molecule is CN1CCCC[C@H]1C(=O)NCC1CCC(c2nc3ccccc3[nH]2)CC1. The Morgan fingerprint density at radius 1 is 1.19 bits per heavy atom. The lowest BCUT2D eigenvalue weighted by molar-refractivity contribution is -0.127. The summed E-state index contributed by atoms with van der Waals surface area (Å²) in [6, 6.07) is 8.33. The Hall–Kier alpha value is -1.88. The summed E-state index contributed by atoms with van der Waals surface area (Å²) in [5, 5.41) is 3.22. The summed E-state index contributed by atoms with van der Waals surface area (Å²) < 4.78 is 0. The number of imidazole rings is 1. The minimum absolute atomic E-state index is 0.0793. The van der Waals surface area contributed by atoms with Crippen molar-refractivity contribution in [2.75, 3.05) is 20.1 Å². The smallest absolute Gasteiger partial charge is 0.237 e. The minimum Gasteiger partial charge on any atom is -0.354 e. The molecule has 1 aromatic heterocycles. The summed E-state index contributed by atoms with van der Waals surface area (Å²) in [5.41, 5.74) is 2.20. The number of nitrogens with zero attached hydrogens (tertiary/aromatic N) is 2.